The second-order valence-electron chi connectivity index (χ2n) is 5.53. The standard InChI is InChI=1S/C16H15Cl2NO4S/c17-11-5-6-13(18)15(9-11)24(21,22)19-10-16(20)7-8-23-14-4-2-1-3-12(14)16/h1-6,9,19-20H,7-8,10H2/t16-/m1/s1. The zero-order valence-electron chi connectivity index (χ0n) is 12.5. The quantitative estimate of drug-likeness (QED) is 0.845. The number of hydrogen-bond donors (Lipinski definition) is 2. The van der Waals surface area contributed by atoms with E-state index in [1.807, 2.05) is 0 Å². The van der Waals surface area contributed by atoms with Gasteiger partial charge in [-0.1, -0.05) is 41.4 Å². The molecule has 0 fully saturated rings. The molecule has 0 bridgehead atoms. The third-order valence-corrected chi connectivity index (χ3v) is 6.02. The van der Waals surface area contributed by atoms with E-state index < -0.39 is 15.6 Å². The van der Waals surface area contributed by atoms with Crippen molar-refractivity contribution in [1.82, 2.24) is 4.72 Å². The molecule has 0 spiro atoms. The van der Waals surface area contributed by atoms with Gasteiger partial charge in [0.05, 0.1) is 11.6 Å². The Morgan fingerprint density at radius 2 is 1.96 bits per heavy atom. The van der Waals surface area contributed by atoms with E-state index in [1.165, 1.54) is 18.2 Å². The lowest BCUT2D eigenvalue weighted by atomic mass is 9.88. The van der Waals surface area contributed by atoms with Crippen LogP contribution >= 0.6 is 23.2 Å². The van der Waals surface area contributed by atoms with Crippen molar-refractivity contribution < 1.29 is 18.3 Å². The number of benzene rings is 2. The Kier molecular flexibility index (Phi) is 4.77. The zero-order valence-corrected chi connectivity index (χ0v) is 14.8. The van der Waals surface area contributed by atoms with E-state index >= 15 is 0 Å². The van der Waals surface area contributed by atoms with Crippen LogP contribution in [-0.4, -0.2) is 26.7 Å². The number of ether oxygens (including phenoxy) is 1. The number of rotatable bonds is 4. The van der Waals surface area contributed by atoms with Gasteiger partial charge in [-0.15, -0.1) is 0 Å². The molecule has 128 valence electrons. The first-order chi connectivity index (χ1) is 11.3. The Morgan fingerprint density at radius 1 is 1.21 bits per heavy atom. The second kappa shape index (κ2) is 6.54. The van der Waals surface area contributed by atoms with Crippen molar-refractivity contribution >= 4 is 33.2 Å². The smallest absolute Gasteiger partial charge is 0.242 e. The number of fused-ring (bicyclic) bond motifs is 1. The van der Waals surface area contributed by atoms with Crippen LogP contribution in [0.4, 0.5) is 0 Å². The average molecular weight is 388 g/mol. The highest BCUT2D eigenvalue weighted by molar-refractivity contribution is 7.89. The predicted octanol–water partition coefficient (Wildman–Crippen LogP) is 2.94. The number of para-hydroxylation sites is 1. The molecule has 0 aromatic heterocycles. The summed E-state index contributed by atoms with van der Waals surface area (Å²) in [6.45, 7) is 0.103. The number of hydrogen-bond acceptors (Lipinski definition) is 4. The van der Waals surface area contributed by atoms with Crippen molar-refractivity contribution in [3.8, 4) is 5.75 Å². The van der Waals surface area contributed by atoms with E-state index in [0.717, 1.165) is 0 Å². The Morgan fingerprint density at radius 3 is 2.75 bits per heavy atom. The summed E-state index contributed by atoms with van der Waals surface area (Å²) in [7, 11) is -3.92. The van der Waals surface area contributed by atoms with Gasteiger partial charge >= 0.3 is 0 Å². The van der Waals surface area contributed by atoms with Gasteiger partial charge in [0.2, 0.25) is 10.0 Å². The van der Waals surface area contributed by atoms with Crippen molar-refractivity contribution in [2.45, 2.75) is 16.9 Å². The third-order valence-electron chi connectivity index (χ3n) is 3.90. The SMILES string of the molecule is O=S(=O)(NC[C@]1(O)CCOc2ccccc21)c1cc(Cl)ccc1Cl. The van der Waals surface area contributed by atoms with Gasteiger partial charge in [0.25, 0.3) is 0 Å². The molecule has 0 unspecified atom stereocenters. The van der Waals surface area contributed by atoms with E-state index in [-0.39, 0.29) is 27.9 Å². The van der Waals surface area contributed by atoms with Gasteiger partial charge in [0, 0.05) is 23.6 Å². The Labute approximate surface area is 150 Å². The summed E-state index contributed by atoms with van der Waals surface area (Å²) < 4.78 is 32.9. The maximum absolute atomic E-state index is 12.5. The largest absolute Gasteiger partial charge is 0.493 e. The highest BCUT2D eigenvalue weighted by Gasteiger charge is 2.36. The van der Waals surface area contributed by atoms with Crippen LogP contribution in [0.5, 0.6) is 5.75 Å². The molecular formula is C16H15Cl2NO4S. The Hall–Kier alpha value is -1.31. The minimum absolute atomic E-state index is 0.0614. The van der Waals surface area contributed by atoms with Crippen molar-refractivity contribution in [2.75, 3.05) is 13.2 Å². The summed E-state index contributed by atoms with van der Waals surface area (Å²) >= 11 is 11.8. The third kappa shape index (κ3) is 3.38. The van der Waals surface area contributed by atoms with Crippen LogP contribution in [0.15, 0.2) is 47.4 Å². The minimum atomic E-state index is -3.92. The molecule has 0 radical (unpaired) electrons. The summed E-state index contributed by atoms with van der Waals surface area (Å²) in [4.78, 5) is -0.124. The number of aliphatic hydroxyl groups is 1. The molecule has 2 aromatic carbocycles. The molecule has 1 heterocycles. The average Bonchev–Trinajstić information content (AvgIpc) is 2.56. The number of halogens is 2. The van der Waals surface area contributed by atoms with E-state index in [1.54, 1.807) is 24.3 Å². The summed E-state index contributed by atoms with van der Waals surface area (Å²) in [5.41, 5.74) is -0.802. The van der Waals surface area contributed by atoms with E-state index in [0.29, 0.717) is 17.9 Å². The first-order valence-corrected chi connectivity index (χ1v) is 9.45. The first-order valence-electron chi connectivity index (χ1n) is 7.21. The molecule has 8 heteroatoms. The van der Waals surface area contributed by atoms with Gasteiger partial charge in [-0.3, -0.25) is 0 Å². The van der Waals surface area contributed by atoms with Crippen LogP contribution in [0.3, 0.4) is 0 Å². The molecule has 0 saturated carbocycles. The zero-order chi connectivity index (χ0) is 17.4. The van der Waals surface area contributed by atoms with Crippen molar-refractivity contribution in [3.05, 3.63) is 58.1 Å². The van der Waals surface area contributed by atoms with Crippen LogP contribution in [0.2, 0.25) is 10.0 Å². The normalized spacial score (nSPS) is 20.3. The van der Waals surface area contributed by atoms with Crippen molar-refractivity contribution in [3.63, 3.8) is 0 Å². The molecule has 2 N–H and O–H groups in total. The Balaban J connectivity index is 1.86. The van der Waals surface area contributed by atoms with Gasteiger partial charge in [-0.2, -0.15) is 0 Å². The van der Waals surface area contributed by atoms with Crippen LogP contribution in [0.1, 0.15) is 12.0 Å². The summed E-state index contributed by atoms with van der Waals surface area (Å²) in [5, 5.41) is 11.2. The van der Waals surface area contributed by atoms with Crippen LogP contribution in [-0.2, 0) is 15.6 Å². The molecule has 24 heavy (non-hydrogen) atoms. The summed E-state index contributed by atoms with van der Waals surface area (Å²) in [6.07, 6.45) is 0.274. The van der Waals surface area contributed by atoms with Gasteiger partial charge in [-0.05, 0) is 24.3 Å². The molecule has 0 saturated heterocycles. The van der Waals surface area contributed by atoms with E-state index in [4.69, 9.17) is 27.9 Å². The second-order valence-corrected chi connectivity index (χ2v) is 8.10. The molecule has 5 nitrogen and oxygen atoms in total. The molecule has 0 amide bonds. The van der Waals surface area contributed by atoms with Crippen LogP contribution in [0, 0.1) is 0 Å². The molecule has 1 aliphatic heterocycles. The monoisotopic (exact) mass is 387 g/mol. The lowest BCUT2D eigenvalue weighted by Crippen LogP contribution is -2.43. The van der Waals surface area contributed by atoms with Crippen molar-refractivity contribution in [1.29, 1.82) is 0 Å². The summed E-state index contributed by atoms with van der Waals surface area (Å²) in [6, 6.07) is 11.2. The van der Waals surface area contributed by atoms with E-state index in [9.17, 15) is 13.5 Å². The number of nitrogens with one attached hydrogen (secondary N) is 1. The molecule has 2 aromatic rings. The predicted molar refractivity (Wildman–Crippen MR) is 92.1 cm³/mol. The fraction of sp³-hybridized carbons (Fsp3) is 0.250. The van der Waals surface area contributed by atoms with E-state index in [2.05, 4.69) is 4.72 Å². The van der Waals surface area contributed by atoms with Gasteiger partial charge in [-0.25, -0.2) is 13.1 Å². The lowest BCUT2D eigenvalue weighted by Gasteiger charge is -2.34. The maximum Gasteiger partial charge on any atom is 0.242 e. The first kappa shape index (κ1) is 17.5. The Bertz CT molecular complexity index is 872. The highest BCUT2D eigenvalue weighted by atomic mass is 35.5. The van der Waals surface area contributed by atoms with Gasteiger partial charge in [0.15, 0.2) is 0 Å². The molecular weight excluding hydrogens is 373 g/mol. The minimum Gasteiger partial charge on any atom is -0.493 e. The van der Waals surface area contributed by atoms with Gasteiger partial charge < -0.3 is 9.84 Å². The van der Waals surface area contributed by atoms with Crippen molar-refractivity contribution in [2.24, 2.45) is 0 Å². The molecule has 0 aliphatic carbocycles. The number of sulfonamides is 1. The summed E-state index contributed by atoms with van der Waals surface area (Å²) in [5.74, 6) is 0.547. The molecule has 1 atom stereocenters. The fourth-order valence-corrected chi connectivity index (χ4v) is 4.45. The topological polar surface area (TPSA) is 75.6 Å². The molecule has 3 rings (SSSR count). The lowest BCUT2D eigenvalue weighted by molar-refractivity contribution is 0.00219. The van der Waals surface area contributed by atoms with Crippen LogP contribution in [0.25, 0.3) is 0 Å². The van der Waals surface area contributed by atoms with Gasteiger partial charge in [0.1, 0.15) is 16.2 Å². The highest BCUT2D eigenvalue weighted by Crippen LogP contribution is 2.36. The molecule has 1 aliphatic rings. The fourth-order valence-electron chi connectivity index (χ4n) is 2.60. The maximum atomic E-state index is 12.5. The van der Waals surface area contributed by atoms with Crippen LogP contribution < -0.4 is 9.46 Å².